The van der Waals surface area contributed by atoms with Gasteiger partial charge in [-0.2, -0.15) is 0 Å². The molecule has 4 nitrogen and oxygen atoms in total. The number of benzene rings is 1. The average Bonchev–Trinajstić information content (AvgIpc) is 2.22. The van der Waals surface area contributed by atoms with Gasteiger partial charge in [-0.25, -0.2) is 0 Å². The van der Waals surface area contributed by atoms with Gasteiger partial charge >= 0.3 is 11.8 Å². The van der Waals surface area contributed by atoms with Gasteiger partial charge in [0, 0.05) is 6.54 Å². The summed E-state index contributed by atoms with van der Waals surface area (Å²) in [5.74, 6) is -1.13. The highest BCUT2D eigenvalue weighted by Crippen LogP contribution is 2.29. The Bertz CT molecular complexity index is 514. The lowest BCUT2D eigenvalue weighted by Crippen LogP contribution is -2.61. The van der Waals surface area contributed by atoms with Gasteiger partial charge in [0.15, 0.2) is 0 Å². The molecule has 96 valence electrons. The fourth-order valence-corrected chi connectivity index (χ4v) is 2.89. The molecule has 0 radical (unpaired) electrons. The second-order valence-corrected chi connectivity index (χ2v) is 5.24. The molecule has 18 heavy (non-hydrogen) atoms. The van der Waals surface area contributed by atoms with Gasteiger partial charge in [0.1, 0.15) is 0 Å². The van der Waals surface area contributed by atoms with Crippen LogP contribution in [0.15, 0.2) is 12.1 Å². The zero-order valence-electron chi connectivity index (χ0n) is 11.2. The van der Waals surface area contributed by atoms with Crippen LogP contribution < -0.4 is 10.6 Å². The highest BCUT2D eigenvalue weighted by atomic mass is 16.2. The normalized spacial score (nSPS) is 23.6. The molecular weight excluding hydrogens is 228 g/mol. The molecule has 0 saturated carbocycles. The van der Waals surface area contributed by atoms with Gasteiger partial charge in [0.2, 0.25) is 0 Å². The van der Waals surface area contributed by atoms with Gasteiger partial charge < -0.3 is 10.6 Å². The molecule has 0 spiro atoms. The third kappa shape index (κ3) is 1.98. The average molecular weight is 246 g/mol. The molecule has 0 aromatic heterocycles. The molecule has 1 atom stereocenters. The maximum Gasteiger partial charge on any atom is 0.310 e. The van der Waals surface area contributed by atoms with Crippen molar-refractivity contribution in [3.05, 3.63) is 34.4 Å². The first-order chi connectivity index (χ1) is 8.33. The Morgan fingerprint density at radius 3 is 2.11 bits per heavy atom. The van der Waals surface area contributed by atoms with Crippen LogP contribution >= 0.6 is 0 Å². The third-order valence-corrected chi connectivity index (χ3v) is 3.43. The summed E-state index contributed by atoms with van der Waals surface area (Å²) in [6.07, 6.45) is 0. The quantitative estimate of drug-likeness (QED) is 0.728. The molecule has 1 aliphatic heterocycles. The van der Waals surface area contributed by atoms with Crippen molar-refractivity contribution in [3.63, 3.8) is 0 Å². The Hall–Kier alpha value is -1.84. The second-order valence-electron chi connectivity index (χ2n) is 5.24. The highest BCUT2D eigenvalue weighted by Gasteiger charge is 2.37. The lowest BCUT2D eigenvalue weighted by atomic mass is 9.83. The van der Waals surface area contributed by atoms with Crippen molar-refractivity contribution < 1.29 is 9.59 Å². The number of carbonyl (C=O) groups is 2. The molecular formula is C14H18N2O2. The van der Waals surface area contributed by atoms with Crippen LogP contribution in [0.4, 0.5) is 0 Å². The van der Waals surface area contributed by atoms with E-state index in [9.17, 15) is 9.59 Å². The van der Waals surface area contributed by atoms with E-state index in [0.717, 1.165) is 16.7 Å². The molecule has 2 rings (SSSR count). The summed E-state index contributed by atoms with van der Waals surface area (Å²) in [6, 6.07) is 4.19. The van der Waals surface area contributed by atoms with Crippen molar-refractivity contribution in [2.45, 2.75) is 33.2 Å². The Morgan fingerprint density at radius 1 is 1.06 bits per heavy atom. The molecule has 0 bridgehead atoms. The monoisotopic (exact) mass is 246 g/mol. The van der Waals surface area contributed by atoms with Gasteiger partial charge in [-0.3, -0.25) is 9.59 Å². The Morgan fingerprint density at radius 2 is 1.61 bits per heavy atom. The molecule has 1 aromatic carbocycles. The van der Waals surface area contributed by atoms with E-state index in [-0.39, 0.29) is 0 Å². The number of piperazine rings is 1. The minimum atomic E-state index is -0.567. The first kappa shape index (κ1) is 12.6. The van der Waals surface area contributed by atoms with Gasteiger partial charge in [-0.15, -0.1) is 0 Å². The van der Waals surface area contributed by atoms with Crippen molar-refractivity contribution in [1.29, 1.82) is 0 Å². The Balaban J connectivity index is 2.48. The second kappa shape index (κ2) is 4.12. The molecule has 1 unspecified atom stereocenters. The zero-order chi connectivity index (χ0) is 13.5. The minimum Gasteiger partial charge on any atom is -0.345 e. The largest absolute Gasteiger partial charge is 0.345 e. The number of amides is 2. The van der Waals surface area contributed by atoms with E-state index in [1.165, 1.54) is 5.56 Å². The van der Waals surface area contributed by atoms with Gasteiger partial charge in [0.25, 0.3) is 0 Å². The molecule has 1 heterocycles. The molecule has 1 saturated heterocycles. The number of hydrogen-bond acceptors (Lipinski definition) is 2. The molecule has 1 aliphatic rings. The summed E-state index contributed by atoms with van der Waals surface area (Å²) in [5, 5.41) is 5.45. The van der Waals surface area contributed by atoms with E-state index < -0.39 is 17.4 Å². The van der Waals surface area contributed by atoms with Crippen molar-refractivity contribution in [1.82, 2.24) is 10.6 Å². The number of hydrogen-bond donors (Lipinski definition) is 2. The lowest BCUT2D eigenvalue weighted by Gasteiger charge is -2.37. The summed E-state index contributed by atoms with van der Waals surface area (Å²) < 4.78 is 0. The van der Waals surface area contributed by atoms with Gasteiger partial charge in [-0.05, 0) is 44.4 Å². The van der Waals surface area contributed by atoms with Crippen molar-refractivity contribution in [2.24, 2.45) is 0 Å². The SMILES string of the molecule is Cc1cc(C)c(C2(C)CNC(=O)C(=O)N2)c(C)c1. The van der Waals surface area contributed by atoms with Crippen LogP contribution in [-0.4, -0.2) is 18.4 Å². The molecule has 2 amide bonds. The first-order valence-corrected chi connectivity index (χ1v) is 6.02. The van der Waals surface area contributed by atoms with E-state index >= 15 is 0 Å². The van der Waals surface area contributed by atoms with Crippen LogP contribution in [0.5, 0.6) is 0 Å². The van der Waals surface area contributed by atoms with Gasteiger partial charge in [0.05, 0.1) is 5.54 Å². The van der Waals surface area contributed by atoms with Crippen molar-refractivity contribution in [2.75, 3.05) is 6.54 Å². The predicted molar refractivity (Wildman–Crippen MR) is 69.2 cm³/mol. The third-order valence-electron chi connectivity index (χ3n) is 3.43. The van der Waals surface area contributed by atoms with Crippen molar-refractivity contribution >= 4 is 11.8 Å². The highest BCUT2D eigenvalue weighted by molar-refractivity contribution is 6.35. The van der Waals surface area contributed by atoms with E-state index in [1.807, 2.05) is 27.7 Å². The number of nitrogens with one attached hydrogen (secondary N) is 2. The Labute approximate surface area is 107 Å². The molecule has 1 fully saturated rings. The van der Waals surface area contributed by atoms with E-state index in [1.54, 1.807) is 0 Å². The molecule has 2 N–H and O–H groups in total. The lowest BCUT2D eigenvalue weighted by molar-refractivity contribution is -0.142. The van der Waals surface area contributed by atoms with Crippen LogP contribution in [0.2, 0.25) is 0 Å². The number of carbonyl (C=O) groups excluding carboxylic acids is 2. The van der Waals surface area contributed by atoms with Crippen molar-refractivity contribution in [3.8, 4) is 0 Å². The van der Waals surface area contributed by atoms with Crippen LogP contribution in [0, 0.1) is 20.8 Å². The smallest absolute Gasteiger partial charge is 0.310 e. The summed E-state index contributed by atoms with van der Waals surface area (Å²) in [6.45, 7) is 8.47. The molecule has 0 aliphatic carbocycles. The summed E-state index contributed by atoms with van der Waals surface area (Å²) in [5.41, 5.74) is 4.01. The summed E-state index contributed by atoms with van der Waals surface area (Å²) >= 11 is 0. The maximum absolute atomic E-state index is 11.5. The van der Waals surface area contributed by atoms with Crippen LogP contribution in [0.25, 0.3) is 0 Å². The standard InChI is InChI=1S/C14H18N2O2/c1-8-5-9(2)11(10(3)6-8)14(4)7-15-12(17)13(18)16-14/h5-6H,7H2,1-4H3,(H,15,17)(H,16,18). The predicted octanol–water partition coefficient (Wildman–Crippen LogP) is 1.07. The Kier molecular flexibility index (Phi) is 2.89. The van der Waals surface area contributed by atoms with E-state index in [4.69, 9.17) is 0 Å². The molecule has 1 aromatic rings. The fourth-order valence-electron chi connectivity index (χ4n) is 2.89. The summed E-state index contributed by atoms with van der Waals surface area (Å²) in [7, 11) is 0. The van der Waals surface area contributed by atoms with Crippen LogP contribution in [0.1, 0.15) is 29.2 Å². The topological polar surface area (TPSA) is 58.2 Å². The van der Waals surface area contributed by atoms with Crippen LogP contribution in [0.3, 0.4) is 0 Å². The van der Waals surface area contributed by atoms with Gasteiger partial charge in [-0.1, -0.05) is 17.7 Å². The minimum absolute atomic E-state index is 0.419. The fraction of sp³-hybridized carbons (Fsp3) is 0.429. The maximum atomic E-state index is 11.5. The van der Waals surface area contributed by atoms with Crippen LogP contribution in [-0.2, 0) is 15.1 Å². The number of rotatable bonds is 1. The first-order valence-electron chi connectivity index (χ1n) is 6.02. The summed E-state index contributed by atoms with van der Waals surface area (Å²) in [4.78, 5) is 22.8. The molecule has 4 heteroatoms. The van der Waals surface area contributed by atoms with E-state index in [0.29, 0.717) is 6.54 Å². The zero-order valence-corrected chi connectivity index (χ0v) is 11.2. The van der Waals surface area contributed by atoms with E-state index in [2.05, 4.69) is 22.8 Å². The number of aryl methyl sites for hydroxylation is 3.